The smallest absolute Gasteiger partial charge is 0.248 e. The molecule has 2 aromatic rings. The van der Waals surface area contributed by atoms with E-state index in [9.17, 15) is 4.79 Å². The monoisotopic (exact) mass is 270 g/mol. The van der Waals surface area contributed by atoms with Crippen LogP contribution in [0.25, 0.3) is 0 Å². The molecule has 0 radical (unpaired) electrons. The van der Waals surface area contributed by atoms with E-state index >= 15 is 0 Å². The molecule has 1 atom stereocenters. The molecule has 5 nitrogen and oxygen atoms in total. The molecule has 104 valence electrons. The highest BCUT2D eigenvalue weighted by Gasteiger charge is 2.30. The average molecular weight is 270 g/mol. The maximum Gasteiger partial charge on any atom is 0.248 e. The van der Waals surface area contributed by atoms with Crippen LogP contribution in [-0.4, -0.2) is 29.3 Å². The second-order valence-corrected chi connectivity index (χ2v) is 5.04. The van der Waals surface area contributed by atoms with E-state index in [1.165, 1.54) is 5.56 Å². The number of benzene rings is 1. The van der Waals surface area contributed by atoms with E-state index in [2.05, 4.69) is 16.5 Å². The standard InChI is InChI=1S/C15H18N4O/c1-16-14(12-9-17-18(2)10-12)15(20)19-8-7-11-5-3-4-6-13(11)19/h3-6,9-10,14,16H,7-8H2,1-2H3. The van der Waals surface area contributed by atoms with Crippen molar-refractivity contribution < 1.29 is 4.79 Å². The number of aryl methyl sites for hydroxylation is 1. The number of nitrogens with zero attached hydrogens (tertiary/aromatic N) is 3. The van der Waals surface area contributed by atoms with Crippen LogP contribution in [0.1, 0.15) is 17.2 Å². The molecule has 1 aliphatic rings. The molecule has 20 heavy (non-hydrogen) atoms. The van der Waals surface area contributed by atoms with E-state index in [4.69, 9.17) is 0 Å². The molecular formula is C15H18N4O. The molecule has 0 saturated heterocycles. The number of nitrogens with one attached hydrogen (secondary N) is 1. The molecule has 0 spiro atoms. The molecule has 1 aromatic heterocycles. The third-order valence-electron chi connectivity index (χ3n) is 3.75. The summed E-state index contributed by atoms with van der Waals surface area (Å²) in [6.45, 7) is 0.747. The second-order valence-electron chi connectivity index (χ2n) is 5.04. The van der Waals surface area contributed by atoms with E-state index < -0.39 is 0 Å². The topological polar surface area (TPSA) is 50.2 Å². The number of carbonyl (C=O) groups excluding carboxylic acids is 1. The van der Waals surface area contributed by atoms with E-state index in [0.29, 0.717) is 0 Å². The fraction of sp³-hybridized carbons (Fsp3) is 0.333. The third kappa shape index (κ3) is 2.10. The number of aromatic nitrogens is 2. The number of hydrogen-bond acceptors (Lipinski definition) is 3. The lowest BCUT2D eigenvalue weighted by molar-refractivity contribution is -0.120. The van der Waals surface area contributed by atoms with Crippen LogP contribution in [0.3, 0.4) is 0 Å². The van der Waals surface area contributed by atoms with Gasteiger partial charge in [0.2, 0.25) is 5.91 Å². The van der Waals surface area contributed by atoms with Gasteiger partial charge in [-0.2, -0.15) is 5.10 Å². The first-order chi connectivity index (χ1) is 9.70. The van der Waals surface area contributed by atoms with Crippen LogP contribution in [0.15, 0.2) is 36.7 Å². The summed E-state index contributed by atoms with van der Waals surface area (Å²) in [4.78, 5) is 14.6. The summed E-state index contributed by atoms with van der Waals surface area (Å²) < 4.78 is 1.71. The van der Waals surface area contributed by atoms with E-state index in [-0.39, 0.29) is 11.9 Å². The predicted molar refractivity (Wildman–Crippen MR) is 77.5 cm³/mol. The predicted octanol–water partition coefficient (Wildman–Crippen LogP) is 1.27. The molecule has 1 unspecified atom stereocenters. The van der Waals surface area contributed by atoms with Crippen molar-refractivity contribution in [2.75, 3.05) is 18.5 Å². The highest BCUT2D eigenvalue weighted by Crippen LogP contribution is 2.30. The number of rotatable bonds is 3. The Morgan fingerprint density at radius 2 is 2.20 bits per heavy atom. The maximum absolute atomic E-state index is 12.8. The Hall–Kier alpha value is -2.14. The zero-order valence-electron chi connectivity index (χ0n) is 11.7. The number of hydrogen-bond donors (Lipinski definition) is 1. The minimum absolute atomic E-state index is 0.0745. The van der Waals surface area contributed by atoms with Gasteiger partial charge in [0.15, 0.2) is 0 Å². The van der Waals surface area contributed by atoms with Crippen LogP contribution in [-0.2, 0) is 18.3 Å². The van der Waals surface area contributed by atoms with Gasteiger partial charge in [0.25, 0.3) is 0 Å². The number of amides is 1. The molecule has 0 aliphatic carbocycles. The number of carbonyl (C=O) groups is 1. The molecule has 0 bridgehead atoms. The van der Waals surface area contributed by atoms with Gasteiger partial charge >= 0.3 is 0 Å². The molecule has 3 rings (SSSR count). The summed E-state index contributed by atoms with van der Waals surface area (Å²) in [6.07, 6.45) is 4.54. The largest absolute Gasteiger partial charge is 0.310 e. The minimum Gasteiger partial charge on any atom is -0.310 e. The number of para-hydroxylation sites is 1. The van der Waals surface area contributed by atoms with Crippen LogP contribution < -0.4 is 10.2 Å². The first kappa shape index (κ1) is 12.9. The Labute approximate surface area is 118 Å². The summed E-state index contributed by atoms with van der Waals surface area (Å²) in [5.74, 6) is 0.0745. The van der Waals surface area contributed by atoms with Gasteiger partial charge in [-0.1, -0.05) is 18.2 Å². The van der Waals surface area contributed by atoms with Crippen LogP contribution in [0, 0.1) is 0 Å². The van der Waals surface area contributed by atoms with Crippen LogP contribution in [0.4, 0.5) is 5.69 Å². The van der Waals surface area contributed by atoms with Crippen molar-refractivity contribution in [2.24, 2.45) is 7.05 Å². The van der Waals surface area contributed by atoms with Crippen molar-refractivity contribution in [2.45, 2.75) is 12.5 Å². The SMILES string of the molecule is CNC(C(=O)N1CCc2ccccc21)c1cnn(C)c1. The van der Waals surface area contributed by atoms with Gasteiger partial charge in [-0.05, 0) is 25.1 Å². The molecule has 5 heteroatoms. The molecule has 1 amide bonds. The Kier molecular flexibility index (Phi) is 3.28. The summed E-state index contributed by atoms with van der Waals surface area (Å²) in [5.41, 5.74) is 3.16. The van der Waals surface area contributed by atoms with E-state index in [1.54, 1.807) is 17.9 Å². The van der Waals surface area contributed by atoms with E-state index in [1.807, 2.05) is 36.3 Å². The lowest BCUT2D eigenvalue weighted by Gasteiger charge is -2.23. The van der Waals surface area contributed by atoms with Gasteiger partial charge < -0.3 is 10.2 Å². The highest BCUT2D eigenvalue weighted by molar-refractivity contribution is 5.99. The molecule has 1 aromatic carbocycles. The van der Waals surface area contributed by atoms with Crippen molar-refractivity contribution in [3.8, 4) is 0 Å². The summed E-state index contributed by atoms with van der Waals surface area (Å²) in [5, 5.41) is 7.24. The van der Waals surface area contributed by atoms with Crippen molar-refractivity contribution in [3.63, 3.8) is 0 Å². The number of anilines is 1. The van der Waals surface area contributed by atoms with Gasteiger partial charge in [-0.3, -0.25) is 9.48 Å². The quantitative estimate of drug-likeness (QED) is 0.914. The molecule has 2 heterocycles. The Morgan fingerprint density at radius 1 is 1.40 bits per heavy atom. The van der Waals surface area contributed by atoms with Crippen molar-refractivity contribution in [3.05, 3.63) is 47.8 Å². The zero-order valence-corrected chi connectivity index (χ0v) is 11.7. The van der Waals surface area contributed by atoms with Gasteiger partial charge in [0.1, 0.15) is 6.04 Å². The average Bonchev–Trinajstić information content (AvgIpc) is 3.06. The van der Waals surface area contributed by atoms with Crippen molar-refractivity contribution in [1.82, 2.24) is 15.1 Å². The molecule has 1 N–H and O–H groups in total. The number of fused-ring (bicyclic) bond motifs is 1. The van der Waals surface area contributed by atoms with Crippen LogP contribution in [0.2, 0.25) is 0 Å². The Morgan fingerprint density at radius 3 is 2.90 bits per heavy atom. The normalized spacial score (nSPS) is 15.2. The fourth-order valence-corrected chi connectivity index (χ4v) is 2.74. The molecule has 1 aliphatic heterocycles. The van der Waals surface area contributed by atoms with Crippen molar-refractivity contribution >= 4 is 11.6 Å². The summed E-state index contributed by atoms with van der Waals surface area (Å²) in [7, 11) is 3.66. The molecular weight excluding hydrogens is 252 g/mol. The number of likely N-dealkylation sites (N-methyl/N-ethyl adjacent to an activating group) is 1. The summed E-state index contributed by atoms with van der Waals surface area (Å²) in [6, 6.07) is 7.73. The van der Waals surface area contributed by atoms with Gasteiger partial charge in [0.05, 0.1) is 6.20 Å². The lowest BCUT2D eigenvalue weighted by atomic mass is 10.1. The first-order valence-electron chi connectivity index (χ1n) is 6.76. The minimum atomic E-state index is -0.352. The highest BCUT2D eigenvalue weighted by atomic mass is 16.2. The van der Waals surface area contributed by atoms with Crippen molar-refractivity contribution in [1.29, 1.82) is 0 Å². The van der Waals surface area contributed by atoms with Crippen LogP contribution >= 0.6 is 0 Å². The Bertz CT molecular complexity index is 634. The molecule has 0 saturated carbocycles. The lowest BCUT2D eigenvalue weighted by Crippen LogP contribution is -2.38. The van der Waals surface area contributed by atoms with Gasteiger partial charge in [-0.15, -0.1) is 0 Å². The zero-order chi connectivity index (χ0) is 14.1. The summed E-state index contributed by atoms with van der Waals surface area (Å²) >= 11 is 0. The maximum atomic E-state index is 12.8. The second kappa shape index (κ2) is 5.09. The fourth-order valence-electron chi connectivity index (χ4n) is 2.74. The van der Waals surface area contributed by atoms with Gasteiger partial charge in [0, 0.05) is 31.0 Å². The Balaban J connectivity index is 1.89. The first-order valence-corrected chi connectivity index (χ1v) is 6.76. The molecule has 0 fully saturated rings. The van der Waals surface area contributed by atoms with Gasteiger partial charge in [-0.25, -0.2) is 0 Å². The third-order valence-corrected chi connectivity index (χ3v) is 3.75. The van der Waals surface area contributed by atoms with E-state index in [0.717, 1.165) is 24.2 Å². The van der Waals surface area contributed by atoms with Crippen LogP contribution in [0.5, 0.6) is 0 Å².